The SMILES string of the molecule is CCCCCCCCCCCCCCCCOC[C@H]1O[C@H](OCCCC)[C@H](O)[C@@H](O)[C@@H]1O. The Kier molecular flexibility index (Phi) is 18.8. The smallest absolute Gasteiger partial charge is 0.186 e. The first kappa shape index (κ1) is 29.8. The first-order valence-electron chi connectivity index (χ1n) is 13.5. The zero-order valence-corrected chi connectivity index (χ0v) is 20.9. The van der Waals surface area contributed by atoms with Crippen molar-refractivity contribution < 1.29 is 29.5 Å². The van der Waals surface area contributed by atoms with Crippen molar-refractivity contribution in [1.82, 2.24) is 0 Å². The summed E-state index contributed by atoms with van der Waals surface area (Å²) in [7, 11) is 0. The van der Waals surface area contributed by atoms with Gasteiger partial charge in [-0.15, -0.1) is 0 Å². The van der Waals surface area contributed by atoms with E-state index in [0.717, 1.165) is 25.7 Å². The first-order valence-corrected chi connectivity index (χ1v) is 13.5. The summed E-state index contributed by atoms with van der Waals surface area (Å²) in [5, 5.41) is 30.3. The predicted molar refractivity (Wildman–Crippen MR) is 129 cm³/mol. The van der Waals surface area contributed by atoms with E-state index in [9.17, 15) is 15.3 Å². The summed E-state index contributed by atoms with van der Waals surface area (Å²) in [5.74, 6) is 0. The van der Waals surface area contributed by atoms with Crippen LogP contribution in [0.1, 0.15) is 117 Å². The van der Waals surface area contributed by atoms with E-state index in [1.807, 2.05) is 6.92 Å². The minimum Gasteiger partial charge on any atom is -0.387 e. The third-order valence-electron chi connectivity index (χ3n) is 6.37. The van der Waals surface area contributed by atoms with Crippen LogP contribution in [0.3, 0.4) is 0 Å². The number of ether oxygens (including phenoxy) is 3. The molecule has 1 fully saturated rings. The molecule has 32 heavy (non-hydrogen) atoms. The summed E-state index contributed by atoms with van der Waals surface area (Å²) in [6, 6.07) is 0. The number of aliphatic hydroxyl groups excluding tert-OH is 3. The van der Waals surface area contributed by atoms with Gasteiger partial charge in [0.2, 0.25) is 0 Å². The van der Waals surface area contributed by atoms with Crippen LogP contribution in [0.2, 0.25) is 0 Å². The van der Waals surface area contributed by atoms with Crippen molar-refractivity contribution in [2.24, 2.45) is 0 Å². The fourth-order valence-corrected chi connectivity index (χ4v) is 4.13. The molecule has 0 aliphatic carbocycles. The molecular weight excluding hydrogens is 408 g/mol. The maximum Gasteiger partial charge on any atom is 0.186 e. The Balaban J connectivity index is 1.96. The van der Waals surface area contributed by atoms with Crippen molar-refractivity contribution in [3.8, 4) is 0 Å². The average Bonchev–Trinajstić information content (AvgIpc) is 2.79. The second-order valence-electron chi connectivity index (χ2n) is 9.41. The number of unbranched alkanes of at least 4 members (excludes halogenated alkanes) is 14. The molecule has 6 heteroatoms. The highest BCUT2D eigenvalue weighted by molar-refractivity contribution is 4.89. The van der Waals surface area contributed by atoms with Gasteiger partial charge < -0.3 is 29.5 Å². The molecule has 1 aliphatic heterocycles. The molecule has 5 atom stereocenters. The molecule has 3 N–H and O–H groups in total. The van der Waals surface area contributed by atoms with E-state index in [1.165, 1.54) is 77.0 Å². The summed E-state index contributed by atoms with van der Waals surface area (Å²) in [6.45, 7) is 5.58. The van der Waals surface area contributed by atoms with Crippen LogP contribution in [-0.2, 0) is 14.2 Å². The molecular formula is C26H52O6. The van der Waals surface area contributed by atoms with E-state index in [1.54, 1.807) is 0 Å². The van der Waals surface area contributed by atoms with E-state index in [0.29, 0.717) is 13.2 Å². The van der Waals surface area contributed by atoms with Crippen LogP contribution >= 0.6 is 0 Å². The molecule has 0 bridgehead atoms. The Bertz CT molecular complexity index is 408. The fraction of sp³-hybridized carbons (Fsp3) is 1.00. The lowest BCUT2D eigenvalue weighted by Gasteiger charge is -2.40. The molecule has 0 aromatic rings. The molecule has 6 nitrogen and oxygen atoms in total. The number of hydrogen-bond acceptors (Lipinski definition) is 6. The summed E-state index contributed by atoms with van der Waals surface area (Å²) in [4.78, 5) is 0. The van der Waals surface area contributed by atoms with Gasteiger partial charge in [0.25, 0.3) is 0 Å². The minimum absolute atomic E-state index is 0.191. The van der Waals surface area contributed by atoms with Gasteiger partial charge in [-0.3, -0.25) is 0 Å². The Morgan fingerprint density at radius 1 is 0.562 bits per heavy atom. The van der Waals surface area contributed by atoms with Crippen molar-refractivity contribution in [3.63, 3.8) is 0 Å². The quantitative estimate of drug-likeness (QED) is 0.206. The van der Waals surface area contributed by atoms with E-state index >= 15 is 0 Å². The van der Waals surface area contributed by atoms with E-state index in [2.05, 4.69) is 6.92 Å². The van der Waals surface area contributed by atoms with E-state index in [-0.39, 0.29) is 6.61 Å². The molecule has 1 heterocycles. The Morgan fingerprint density at radius 3 is 1.59 bits per heavy atom. The standard InChI is InChI=1S/C26H52O6/c1-3-5-7-8-9-10-11-12-13-14-15-16-17-18-19-30-21-22-23(27)24(28)25(29)26(32-22)31-20-6-4-2/h22-29H,3-21H2,1-2H3/t22-,23-,24+,25-,26+/m1/s1. The second kappa shape index (κ2) is 20.2. The molecule has 0 unspecified atom stereocenters. The summed E-state index contributed by atoms with van der Waals surface area (Å²) >= 11 is 0. The molecule has 0 radical (unpaired) electrons. The second-order valence-corrected chi connectivity index (χ2v) is 9.41. The van der Waals surface area contributed by atoms with Crippen molar-refractivity contribution in [3.05, 3.63) is 0 Å². The van der Waals surface area contributed by atoms with Crippen molar-refractivity contribution in [1.29, 1.82) is 0 Å². The molecule has 0 aromatic carbocycles. The Labute approximate surface area is 197 Å². The molecule has 0 aromatic heterocycles. The third kappa shape index (κ3) is 13.5. The Morgan fingerprint density at radius 2 is 1.06 bits per heavy atom. The lowest BCUT2D eigenvalue weighted by molar-refractivity contribution is -0.302. The summed E-state index contributed by atoms with van der Waals surface area (Å²) in [5.41, 5.74) is 0. The molecule has 192 valence electrons. The van der Waals surface area contributed by atoms with Crippen LogP contribution in [0.15, 0.2) is 0 Å². The molecule has 1 saturated heterocycles. The van der Waals surface area contributed by atoms with Gasteiger partial charge >= 0.3 is 0 Å². The van der Waals surface area contributed by atoms with Crippen LogP contribution in [0.4, 0.5) is 0 Å². The van der Waals surface area contributed by atoms with Crippen LogP contribution < -0.4 is 0 Å². The predicted octanol–water partition coefficient (Wildman–Crippen LogP) is 5.11. The number of rotatable bonds is 21. The van der Waals surface area contributed by atoms with Gasteiger partial charge in [-0.1, -0.05) is 104 Å². The van der Waals surface area contributed by atoms with Crippen LogP contribution in [0, 0.1) is 0 Å². The lowest BCUT2D eigenvalue weighted by atomic mass is 9.99. The lowest BCUT2D eigenvalue weighted by Crippen LogP contribution is -2.59. The number of hydrogen-bond donors (Lipinski definition) is 3. The maximum atomic E-state index is 10.2. The highest BCUT2D eigenvalue weighted by Crippen LogP contribution is 2.23. The van der Waals surface area contributed by atoms with Gasteiger partial charge in [0.1, 0.15) is 24.4 Å². The topological polar surface area (TPSA) is 88.4 Å². The summed E-state index contributed by atoms with van der Waals surface area (Å²) in [6.07, 6.45) is 15.0. The van der Waals surface area contributed by atoms with Gasteiger partial charge in [-0.05, 0) is 12.8 Å². The average molecular weight is 461 g/mol. The van der Waals surface area contributed by atoms with Gasteiger partial charge in [0.05, 0.1) is 6.61 Å². The van der Waals surface area contributed by atoms with Gasteiger partial charge in [-0.2, -0.15) is 0 Å². The zero-order valence-electron chi connectivity index (χ0n) is 20.9. The molecule has 0 saturated carbocycles. The molecule has 0 amide bonds. The zero-order chi connectivity index (χ0) is 23.4. The van der Waals surface area contributed by atoms with Crippen LogP contribution in [0.25, 0.3) is 0 Å². The van der Waals surface area contributed by atoms with E-state index in [4.69, 9.17) is 14.2 Å². The summed E-state index contributed by atoms with van der Waals surface area (Å²) < 4.78 is 16.8. The molecule has 1 aliphatic rings. The maximum absolute atomic E-state index is 10.2. The monoisotopic (exact) mass is 460 g/mol. The largest absolute Gasteiger partial charge is 0.387 e. The van der Waals surface area contributed by atoms with Crippen LogP contribution in [0.5, 0.6) is 0 Å². The van der Waals surface area contributed by atoms with Gasteiger partial charge in [0.15, 0.2) is 6.29 Å². The van der Waals surface area contributed by atoms with Gasteiger partial charge in [-0.25, -0.2) is 0 Å². The highest BCUT2D eigenvalue weighted by atomic mass is 16.7. The van der Waals surface area contributed by atoms with Crippen molar-refractivity contribution in [2.45, 2.75) is 147 Å². The van der Waals surface area contributed by atoms with E-state index < -0.39 is 30.7 Å². The van der Waals surface area contributed by atoms with Gasteiger partial charge in [0, 0.05) is 13.2 Å². The van der Waals surface area contributed by atoms with Crippen molar-refractivity contribution >= 4 is 0 Å². The molecule has 1 rings (SSSR count). The van der Waals surface area contributed by atoms with Crippen LogP contribution in [-0.4, -0.2) is 65.8 Å². The normalized spacial score (nSPS) is 26.0. The number of aliphatic hydroxyl groups is 3. The Hall–Kier alpha value is -0.240. The molecule has 0 spiro atoms. The minimum atomic E-state index is -1.29. The van der Waals surface area contributed by atoms with Crippen molar-refractivity contribution in [2.75, 3.05) is 19.8 Å². The fourth-order valence-electron chi connectivity index (χ4n) is 4.13. The first-order chi connectivity index (χ1) is 15.6. The highest BCUT2D eigenvalue weighted by Gasteiger charge is 2.44. The third-order valence-corrected chi connectivity index (χ3v) is 6.37.